The molecule has 3 aromatic carbocycles. The van der Waals surface area contributed by atoms with E-state index in [2.05, 4.69) is 6.92 Å². The van der Waals surface area contributed by atoms with E-state index in [0.717, 1.165) is 40.9 Å². The lowest BCUT2D eigenvalue weighted by Gasteiger charge is -2.31. The maximum absolute atomic E-state index is 14.0. The van der Waals surface area contributed by atoms with Crippen LogP contribution in [0.5, 0.6) is 11.5 Å². The van der Waals surface area contributed by atoms with Gasteiger partial charge in [-0.2, -0.15) is 0 Å². The number of hydrogen-bond acceptors (Lipinski definition) is 5. The van der Waals surface area contributed by atoms with E-state index in [4.69, 9.17) is 9.47 Å². The van der Waals surface area contributed by atoms with Gasteiger partial charge in [0.1, 0.15) is 22.9 Å². The van der Waals surface area contributed by atoms with Crippen LogP contribution in [0.3, 0.4) is 0 Å². The molecule has 1 N–H and O–H groups in total. The Morgan fingerprint density at radius 1 is 0.872 bits per heavy atom. The highest BCUT2D eigenvalue weighted by molar-refractivity contribution is 7.93. The van der Waals surface area contributed by atoms with Crippen LogP contribution >= 0.6 is 0 Å². The van der Waals surface area contributed by atoms with Gasteiger partial charge < -0.3 is 14.6 Å². The van der Waals surface area contributed by atoms with Gasteiger partial charge in [0.25, 0.3) is 0 Å². The fourth-order valence-corrected chi connectivity index (χ4v) is 7.75. The SMILES string of the molecule is CCCCCCOc1ccc(C2=C(c3ccc(O)cc3)[C@H]3C[C@H](S(=O)(=O)N(CC)c4ccccc4)[C@@H]2O3)cc1. The van der Waals surface area contributed by atoms with Crippen molar-refractivity contribution in [3.05, 3.63) is 90.0 Å². The van der Waals surface area contributed by atoms with Gasteiger partial charge in [-0.25, -0.2) is 8.42 Å². The number of sulfonamides is 1. The van der Waals surface area contributed by atoms with Gasteiger partial charge in [0.05, 0.1) is 18.4 Å². The van der Waals surface area contributed by atoms with Crippen molar-refractivity contribution in [2.24, 2.45) is 0 Å². The molecule has 2 heterocycles. The Kier molecular flexibility index (Phi) is 8.29. The molecule has 1 fully saturated rings. The molecule has 0 saturated carbocycles. The van der Waals surface area contributed by atoms with Crippen LogP contribution in [0.1, 0.15) is 57.1 Å². The molecule has 0 unspecified atom stereocenters. The molecular weight excluding hydrogens is 510 g/mol. The highest BCUT2D eigenvalue weighted by Crippen LogP contribution is 2.51. The van der Waals surface area contributed by atoms with Gasteiger partial charge in [0.2, 0.25) is 10.0 Å². The fraction of sp³-hybridized carbons (Fsp3) is 0.375. The third-order valence-electron chi connectivity index (χ3n) is 7.62. The summed E-state index contributed by atoms with van der Waals surface area (Å²) in [4.78, 5) is 0. The molecule has 39 heavy (non-hydrogen) atoms. The Morgan fingerprint density at radius 3 is 2.21 bits per heavy atom. The molecular formula is C32H37NO5S. The van der Waals surface area contributed by atoms with Crippen LogP contribution in [0.4, 0.5) is 5.69 Å². The van der Waals surface area contributed by atoms with E-state index >= 15 is 0 Å². The summed E-state index contributed by atoms with van der Waals surface area (Å²) >= 11 is 0. The summed E-state index contributed by atoms with van der Waals surface area (Å²) in [5, 5.41) is 9.16. The molecule has 2 aliphatic heterocycles. The molecule has 3 atom stereocenters. The zero-order valence-corrected chi connectivity index (χ0v) is 23.4. The normalized spacial score (nSPS) is 20.4. The van der Waals surface area contributed by atoms with Crippen LogP contribution in [0.25, 0.3) is 11.1 Å². The van der Waals surface area contributed by atoms with Gasteiger partial charge in [-0.1, -0.05) is 68.7 Å². The van der Waals surface area contributed by atoms with E-state index in [9.17, 15) is 13.5 Å². The number of phenolic OH excluding ortho intramolecular Hbond substituents is 1. The predicted molar refractivity (Wildman–Crippen MR) is 156 cm³/mol. The molecule has 0 aromatic heterocycles. The van der Waals surface area contributed by atoms with Gasteiger partial charge >= 0.3 is 0 Å². The van der Waals surface area contributed by atoms with Crippen molar-refractivity contribution in [2.75, 3.05) is 17.5 Å². The number of nitrogens with zero attached hydrogens (tertiary/aromatic N) is 1. The van der Waals surface area contributed by atoms with Crippen LogP contribution in [0.15, 0.2) is 78.9 Å². The third kappa shape index (κ3) is 5.56. The van der Waals surface area contributed by atoms with Gasteiger partial charge in [-0.15, -0.1) is 0 Å². The average molecular weight is 548 g/mol. The number of aromatic hydroxyl groups is 1. The minimum Gasteiger partial charge on any atom is -0.508 e. The lowest BCUT2D eigenvalue weighted by molar-refractivity contribution is 0.128. The summed E-state index contributed by atoms with van der Waals surface area (Å²) in [5.74, 6) is 0.990. The highest BCUT2D eigenvalue weighted by Gasteiger charge is 2.54. The molecule has 2 bridgehead atoms. The molecule has 3 aromatic rings. The average Bonchev–Trinajstić information content (AvgIpc) is 3.55. The lowest BCUT2D eigenvalue weighted by atomic mass is 9.83. The maximum atomic E-state index is 14.0. The molecule has 1 saturated heterocycles. The summed E-state index contributed by atoms with van der Waals surface area (Å²) in [7, 11) is -3.71. The molecule has 206 valence electrons. The smallest absolute Gasteiger partial charge is 0.241 e. The van der Waals surface area contributed by atoms with Crippen LogP contribution in [0, 0.1) is 0 Å². The summed E-state index contributed by atoms with van der Waals surface area (Å²) in [5.41, 5.74) is 4.39. The Morgan fingerprint density at radius 2 is 1.54 bits per heavy atom. The Balaban J connectivity index is 1.48. The molecule has 0 radical (unpaired) electrons. The van der Waals surface area contributed by atoms with Crippen molar-refractivity contribution < 1.29 is 23.0 Å². The second-order valence-corrected chi connectivity index (χ2v) is 12.2. The summed E-state index contributed by atoms with van der Waals surface area (Å²) in [6, 6.07) is 24.2. The number of fused-ring (bicyclic) bond motifs is 2. The number of hydrogen-bond donors (Lipinski definition) is 1. The molecule has 6 nitrogen and oxygen atoms in total. The van der Waals surface area contributed by atoms with Crippen LogP contribution in [0.2, 0.25) is 0 Å². The van der Waals surface area contributed by atoms with Gasteiger partial charge in [-0.05, 0) is 78.4 Å². The Labute approximate surface area is 231 Å². The molecule has 7 heteroatoms. The molecule has 2 aliphatic rings. The molecule has 0 spiro atoms. The Bertz CT molecular complexity index is 1380. The molecule has 5 rings (SSSR count). The fourth-order valence-electron chi connectivity index (χ4n) is 5.72. The van der Waals surface area contributed by atoms with E-state index < -0.39 is 21.4 Å². The number of phenols is 1. The highest BCUT2D eigenvalue weighted by atomic mass is 32.2. The van der Waals surface area contributed by atoms with E-state index in [-0.39, 0.29) is 11.9 Å². The van der Waals surface area contributed by atoms with Crippen molar-refractivity contribution in [3.8, 4) is 11.5 Å². The summed E-state index contributed by atoms with van der Waals surface area (Å²) < 4.78 is 41.9. The summed E-state index contributed by atoms with van der Waals surface area (Å²) in [6.45, 7) is 5.07. The first-order valence-corrected chi connectivity index (χ1v) is 15.4. The van der Waals surface area contributed by atoms with E-state index in [1.807, 2.05) is 73.7 Å². The zero-order chi connectivity index (χ0) is 27.4. The van der Waals surface area contributed by atoms with Crippen molar-refractivity contribution in [3.63, 3.8) is 0 Å². The van der Waals surface area contributed by atoms with Crippen molar-refractivity contribution in [2.45, 2.75) is 63.4 Å². The van der Waals surface area contributed by atoms with Crippen molar-refractivity contribution in [1.82, 2.24) is 0 Å². The standard InChI is InChI=1S/C32H37NO5S/c1-3-5-6-10-21-37-27-19-15-24(16-20-27)31-30(23-13-17-26(34)18-14-23)28-22-29(32(31)38-28)39(35,36)33(4-2)25-11-8-7-9-12-25/h7-9,11-20,28-29,32,34H,3-6,10,21-22H2,1-2H3/t28-,29+,32+/m1/s1. The quantitative estimate of drug-likeness (QED) is 0.257. The molecule has 0 amide bonds. The van der Waals surface area contributed by atoms with Crippen molar-refractivity contribution >= 4 is 26.9 Å². The minimum atomic E-state index is -3.71. The third-order valence-corrected chi connectivity index (χ3v) is 9.91. The number of para-hydroxylation sites is 1. The first-order chi connectivity index (χ1) is 18.9. The number of unbranched alkanes of at least 4 members (excludes halogenated alkanes) is 3. The molecule has 0 aliphatic carbocycles. The second-order valence-electron chi connectivity index (χ2n) is 10.2. The number of rotatable bonds is 12. The van der Waals surface area contributed by atoms with Crippen LogP contribution in [-0.2, 0) is 14.8 Å². The number of benzene rings is 3. The lowest BCUT2D eigenvalue weighted by Crippen LogP contribution is -2.43. The number of anilines is 1. The van der Waals surface area contributed by atoms with Crippen LogP contribution in [-0.4, -0.2) is 44.1 Å². The monoisotopic (exact) mass is 547 g/mol. The first-order valence-electron chi connectivity index (χ1n) is 13.9. The van der Waals surface area contributed by atoms with E-state index in [0.29, 0.717) is 25.3 Å². The Hall–Kier alpha value is -3.29. The van der Waals surface area contributed by atoms with E-state index in [1.54, 1.807) is 12.1 Å². The van der Waals surface area contributed by atoms with Crippen molar-refractivity contribution in [1.29, 1.82) is 0 Å². The second kappa shape index (κ2) is 11.8. The summed E-state index contributed by atoms with van der Waals surface area (Å²) in [6.07, 6.45) is 4.03. The van der Waals surface area contributed by atoms with E-state index in [1.165, 1.54) is 17.1 Å². The number of ether oxygens (including phenoxy) is 2. The van der Waals surface area contributed by atoms with Crippen LogP contribution < -0.4 is 9.04 Å². The largest absolute Gasteiger partial charge is 0.508 e. The van der Waals surface area contributed by atoms with Gasteiger partial charge in [-0.3, -0.25) is 4.31 Å². The minimum absolute atomic E-state index is 0.187. The van der Waals surface area contributed by atoms with Gasteiger partial charge in [0.15, 0.2) is 0 Å². The predicted octanol–water partition coefficient (Wildman–Crippen LogP) is 6.66. The zero-order valence-electron chi connectivity index (χ0n) is 22.6. The van der Waals surface area contributed by atoms with Gasteiger partial charge in [0, 0.05) is 6.54 Å². The first kappa shape index (κ1) is 27.3. The topological polar surface area (TPSA) is 76.1 Å². The maximum Gasteiger partial charge on any atom is 0.241 e.